The second-order valence-corrected chi connectivity index (χ2v) is 5.38. The Morgan fingerprint density at radius 2 is 2.33 bits per heavy atom. The van der Waals surface area contributed by atoms with Crippen molar-refractivity contribution >= 4 is 5.91 Å². The monoisotopic (exact) mass is 285 g/mol. The van der Waals surface area contributed by atoms with Crippen LogP contribution < -0.4 is 10.6 Å². The van der Waals surface area contributed by atoms with E-state index in [9.17, 15) is 4.79 Å². The smallest absolute Gasteiger partial charge is 0.270 e. The Morgan fingerprint density at radius 1 is 1.43 bits per heavy atom. The molecule has 0 spiro atoms. The number of nitrogens with zero attached hydrogens (tertiary/aromatic N) is 3. The maximum absolute atomic E-state index is 12.3. The van der Waals surface area contributed by atoms with Crippen LogP contribution in [0.3, 0.4) is 0 Å². The summed E-state index contributed by atoms with van der Waals surface area (Å²) in [5.74, 6) is 0.523. The van der Waals surface area contributed by atoms with E-state index in [-0.39, 0.29) is 11.9 Å². The van der Waals surface area contributed by atoms with Crippen LogP contribution in [0, 0.1) is 0 Å². The summed E-state index contributed by atoms with van der Waals surface area (Å²) in [6, 6.07) is 7.86. The van der Waals surface area contributed by atoms with Gasteiger partial charge in [-0.15, -0.1) is 0 Å². The van der Waals surface area contributed by atoms with Gasteiger partial charge < -0.3 is 10.6 Å². The SMILES string of the molecule is CC1CC(NC(=O)c2cccc(-n3cccn3)n2)CCN1. The van der Waals surface area contributed by atoms with Crippen molar-refractivity contribution in [2.24, 2.45) is 0 Å². The first-order valence-corrected chi connectivity index (χ1v) is 7.24. The Bertz CT molecular complexity index is 610. The highest BCUT2D eigenvalue weighted by Gasteiger charge is 2.21. The number of hydrogen-bond acceptors (Lipinski definition) is 4. The van der Waals surface area contributed by atoms with Gasteiger partial charge in [0, 0.05) is 24.5 Å². The molecule has 1 aliphatic heterocycles. The van der Waals surface area contributed by atoms with Gasteiger partial charge in [-0.3, -0.25) is 4.79 Å². The van der Waals surface area contributed by atoms with Gasteiger partial charge in [0.25, 0.3) is 5.91 Å². The third-order valence-electron chi connectivity index (χ3n) is 3.67. The van der Waals surface area contributed by atoms with E-state index in [4.69, 9.17) is 0 Å². The van der Waals surface area contributed by atoms with Gasteiger partial charge in [0.1, 0.15) is 5.69 Å². The van der Waals surface area contributed by atoms with Crippen LogP contribution in [0.25, 0.3) is 5.82 Å². The zero-order chi connectivity index (χ0) is 14.7. The first kappa shape index (κ1) is 13.8. The topological polar surface area (TPSA) is 71.8 Å². The second-order valence-electron chi connectivity index (χ2n) is 5.38. The number of nitrogens with one attached hydrogen (secondary N) is 2. The van der Waals surface area contributed by atoms with Crippen molar-refractivity contribution < 1.29 is 4.79 Å². The predicted molar refractivity (Wildman–Crippen MR) is 79.3 cm³/mol. The quantitative estimate of drug-likeness (QED) is 0.887. The lowest BCUT2D eigenvalue weighted by molar-refractivity contribution is 0.0920. The molecule has 1 amide bonds. The van der Waals surface area contributed by atoms with Crippen LogP contribution in [-0.2, 0) is 0 Å². The van der Waals surface area contributed by atoms with Gasteiger partial charge in [-0.1, -0.05) is 6.07 Å². The van der Waals surface area contributed by atoms with Gasteiger partial charge in [-0.2, -0.15) is 5.10 Å². The van der Waals surface area contributed by atoms with Crippen LogP contribution in [0.2, 0.25) is 0 Å². The minimum absolute atomic E-state index is 0.122. The summed E-state index contributed by atoms with van der Waals surface area (Å²) in [5, 5.41) is 10.6. The summed E-state index contributed by atoms with van der Waals surface area (Å²) in [7, 11) is 0. The third kappa shape index (κ3) is 3.28. The molecule has 21 heavy (non-hydrogen) atoms. The largest absolute Gasteiger partial charge is 0.348 e. The third-order valence-corrected chi connectivity index (χ3v) is 3.67. The Kier molecular flexibility index (Phi) is 3.96. The van der Waals surface area contributed by atoms with Crippen molar-refractivity contribution in [3.05, 3.63) is 42.4 Å². The molecular formula is C15H19N5O. The highest BCUT2D eigenvalue weighted by atomic mass is 16.1. The van der Waals surface area contributed by atoms with Gasteiger partial charge in [0.2, 0.25) is 0 Å². The van der Waals surface area contributed by atoms with E-state index in [0.717, 1.165) is 19.4 Å². The summed E-state index contributed by atoms with van der Waals surface area (Å²) in [6.45, 7) is 3.07. The molecule has 6 nitrogen and oxygen atoms in total. The Morgan fingerprint density at radius 3 is 3.10 bits per heavy atom. The molecule has 6 heteroatoms. The van der Waals surface area contributed by atoms with Gasteiger partial charge >= 0.3 is 0 Å². The number of carbonyl (C=O) groups is 1. The Balaban J connectivity index is 1.71. The average Bonchev–Trinajstić information content (AvgIpc) is 3.02. The van der Waals surface area contributed by atoms with Gasteiger partial charge in [0.15, 0.2) is 5.82 Å². The Labute approximate surface area is 123 Å². The average molecular weight is 285 g/mol. The van der Waals surface area contributed by atoms with Crippen LogP contribution >= 0.6 is 0 Å². The fourth-order valence-electron chi connectivity index (χ4n) is 2.60. The van der Waals surface area contributed by atoms with Crippen molar-refractivity contribution in [2.75, 3.05) is 6.54 Å². The van der Waals surface area contributed by atoms with Crippen LogP contribution in [-0.4, -0.2) is 39.3 Å². The van der Waals surface area contributed by atoms with Crippen molar-refractivity contribution in [2.45, 2.75) is 31.8 Å². The molecule has 0 aromatic carbocycles. The molecule has 1 fully saturated rings. The van der Waals surface area contributed by atoms with E-state index < -0.39 is 0 Å². The van der Waals surface area contributed by atoms with Crippen molar-refractivity contribution in [1.82, 2.24) is 25.4 Å². The lowest BCUT2D eigenvalue weighted by Crippen LogP contribution is -2.46. The molecular weight excluding hydrogens is 266 g/mol. The number of carbonyl (C=O) groups excluding carboxylic acids is 1. The highest BCUT2D eigenvalue weighted by Crippen LogP contribution is 2.10. The number of aromatic nitrogens is 3. The zero-order valence-electron chi connectivity index (χ0n) is 12.0. The molecule has 2 aromatic rings. The number of hydrogen-bond donors (Lipinski definition) is 2. The van der Waals surface area contributed by atoms with Gasteiger partial charge in [0.05, 0.1) is 0 Å². The van der Waals surface area contributed by atoms with Crippen LogP contribution in [0.1, 0.15) is 30.3 Å². The van der Waals surface area contributed by atoms with E-state index in [1.165, 1.54) is 0 Å². The van der Waals surface area contributed by atoms with E-state index in [0.29, 0.717) is 17.6 Å². The molecule has 0 aliphatic carbocycles. The second kappa shape index (κ2) is 6.05. The normalized spacial score (nSPS) is 22.0. The van der Waals surface area contributed by atoms with Crippen molar-refractivity contribution in [3.63, 3.8) is 0 Å². The van der Waals surface area contributed by atoms with E-state index in [1.54, 1.807) is 23.1 Å². The first-order chi connectivity index (χ1) is 10.2. The molecule has 110 valence electrons. The molecule has 3 rings (SSSR count). The summed E-state index contributed by atoms with van der Waals surface area (Å²) in [4.78, 5) is 16.7. The molecule has 1 aliphatic rings. The number of pyridine rings is 1. The summed E-state index contributed by atoms with van der Waals surface area (Å²) >= 11 is 0. The lowest BCUT2D eigenvalue weighted by atomic mass is 10.0. The van der Waals surface area contributed by atoms with Crippen LogP contribution in [0.15, 0.2) is 36.7 Å². The summed E-state index contributed by atoms with van der Waals surface area (Å²) < 4.78 is 1.64. The molecule has 0 saturated carbocycles. The first-order valence-electron chi connectivity index (χ1n) is 7.24. The lowest BCUT2D eigenvalue weighted by Gasteiger charge is -2.28. The molecule has 2 atom stereocenters. The molecule has 1 saturated heterocycles. The van der Waals surface area contributed by atoms with Crippen LogP contribution in [0.4, 0.5) is 0 Å². The maximum atomic E-state index is 12.3. The number of amides is 1. The molecule has 2 unspecified atom stereocenters. The fourth-order valence-corrected chi connectivity index (χ4v) is 2.60. The van der Waals surface area contributed by atoms with E-state index >= 15 is 0 Å². The standard InChI is InChI=1S/C15H19N5O/c1-11-10-12(6-8-16-11)18-15(21)13-4-2-5-14(19-13)20-9-3-7-17-20/h2-5,7,9,11-12,16H,6,8,10H2,1H3,(H,18,21). The number of rotatable bonds is 3. The fraction of sp³-hybridized carbons (Fsp3) is 0.400. The molecule has 2 aromatic heterocycles. The highest BCUT2D eigenvalue weighted by molar-refractivity contribution is 5.92. The molecule has 0 radical (unpaired) electrons. The zero-order valence-corrected chi connectivity index (χ0v) is 12.0. The molecule has 2 N–H and O–H groups in total. The summed E-state index contributed by atoms with van der Waals surface area (Å²) in [5.41, 5.74) is 0.425. The van der Waals surface area contributed by atoms with Gasteiger partial charge in [-0.05, 0) is 44.5 Å². The number of piperidine rings is 1. The maximum Gasteiger partial charge on any atom is 0.270 e. The minimum atomic E-state index is -0.122. The molecule has 3 heterocycles. The minimum Gasteiger partial charge on any atom is -0.348 e. The molecule has 0 bridgehead atoms. The van der Waals surface area contributed by atoms with Crippen molar-refractivity contribution in [3.8, 4) is 5.82 Å². The summed E-state index contributed by atoms with van der Waals surface area (Å²) in [6.07, 6.45) is 5.39. The van der Waals surface area contributed by atoms with E-state index in [1.807, 2.05) is 18.2 Å². The van der Waals surface area contributed by atoms with Crippen LogP contribution in [0.5, 0.6) is 0 Å². The van der Waals surface area contributed by atoms with Gasteiger partial charge in [-0.25, -0.2) is 9.67 Å². The Hall–Kier alpha value is -2.21. The predicted octanol–water partition coefficient (Wildman–Crippen LogP) is 1.14. The van der Waals surface area contributed by atoms with E-state index in [2.05, 4.69) is 27.6 Å². The van der Waals surface area contributed by atoms with Crippen molar-refractivity contribution in [1.29, 1.82) is 0 Å².